The molecule has 3 rings (SSSR count). The number of hydrogen-bond acceptors (Lipinski definition) is 3. The van der Waals surface area contributed by atoms with Gasteiger partial charge in [0.15, 0.2) is 0 Å². The third-order valence-electron chi connectivity index (χ3n) is 4.50. The van der Waals surface area contributed by atoms with Gasteiger partial charge in [-0.2, -0.15) is 5.10 Å². The summed E-state index contributed by atoms with van der Waals surface area (Å²) in [5.74, 6) is -0.136. The third kappa shape index (κ3) is 2.60. The molecule has 0 unspecified atom stereocenters. The van der Waals surface area contributed by atoms with E-state index in [2.05, 4.69) is 10.4 Å². The van der Waals surface area contributed by atoms with Crippen molar-refractivity contribution in [3.8, 4) is 5.69 Å². The van der Waals surface area contributed by atoms with Crippen molar-refractivity contribution in [2.24, 2.45) is 0 Å². The maximum Gasteiger partial charge on any atom is 0.325 e. The number of aromatic nitrogens is 2. The molecule has 23 heavy (non-hydrogen) atoms. The fourth-order valence-corrected chi connectivity index (χ4v) is 2.91. The molecule has 0 atom stereocenters. The molecule has 0 spiro atoms. The third-order valence-corrected chi connectivity index (χ3v) is 4.50. The molecule has 1 aliphatic rings. The second-order valence-corrected chi connectivity index (χ2v) is 5.73. The number of rotatable bonds is 5. The molecule has 1 fully saturated rings. The van der Waals surface area contributed by atoms with Crippen molar-refractivity contribution in [2.45, 2.75) is 38.8 Å². The number of nitrogens with zero attached hydrogens (tertiary/aromatic N) is 3. The van der Waals surface area contributed by atoms with Crippen molar-refractivity contribution in [2.75, 3.05) is 0 Å². The fraction of sp³-hybridized carbons (Fsp3) is 0.353. The molecule has 0 bridgehead atoms. The first kappa shape index (κ1) is 15.3. The van der Waals surface area contributed by atoms with Gasteiger partial charge in [-0.15, -0.1) is 0 Å². The second kappa shape index (κ2) is 5.87. The molecule has 2 heterocycles. The molecule has 1 aliphatic heterocycles. The molecule has 0 saturated carbocycles. The number of urea groups is 1. The Morgan fingerprint density at radius 1 is 1.13 bits per heavy atom. The quantitative estimate of drug-likeness (QED) is 0.863. The lowest BCUT2D eigenvalue weighted by Crippen LogP contribution is -2.45. The van der Waals surface area contributed by atoms with Gasteiger partial charge in [-0.1, -0.05) is 26.0 Å². The Balaban J connectivity index is 1.77. The zero-order valence-electron chi connectivity index (χ0n) is 13.3. The molecule has 6 nitrogen and oxygen atoms in total. The van der Waals surface area contributed by atoms with Crippen LogP contribution < -0.4 is 5.32 Å². The van der Waals surface area contributed by atoms with Crippen molar-refractivity contribution < 1.29 is 9.59 Å². The molecule has 120 valence electrons. The molecule has 1 aromatic heterocycles. The Hall–Kier alpha value is -2.63. The van der Waals surface area contributed by atoms with Gasteiger partial charge in [0.1, 0.15) is 5.54 Å². The van der Waals surface area contributed by atoms with Gasteiger partial charge >= 0.3 is 6.03 Å². The highest BCUT2D eigenvalue weighted by Crippen LogP contribution is 2.26. The molecule has 1 aromatic carbocycles. The van der Waals surface area contributed by atoms with Crippen LogP contribution in [0.3, 0.4) is 0 Å². The van der Waals surface area contributed by atoms with Gasteiger partial charge in [-0.3, -0.25) is 9.69 Å². The Morgan fingerprint density at radius 2 is 1.83 bits per heavy atom. The molecule has 1 N–H and O–H groups in total. The van der Waals surface area contributed by atoms with Crippen LogP contribution in [0.1, 0.15) is 32.3 Å². The maximum absolute atomic E-state index is 12.6. The first-order valence-corrected chi connectivity index (χ1v) is 7.82. The maximum atomic E-state index is 12.6. The number of imide groups is 1. The molecular formula is C17H20N4O2. The Bertz CT molecular complexity index is 703. The molecule has 3 amide bonds. The number of hydrogen-bond donors (Lipinski definition) is 1. The predicted octanol–water partition coefficient (Wildman–Crippen LogP) is 2.48. The van der Waals surface area contributed by atoms with E-state index in [-0.39, 0.29) is 18.5 Å². The average Bonchev–Trinajstić information content (AvgIpc) is 3.18. The van der Waals surface area contributed by atoms with Crippen molar-refractivity contribution in [1.82, 2.24) is 20.0 Å². The van der Waals surface area contributed by atoms with Crippen LogP contribution in [0.4, 0.5) is 4.79 Å². The van der Waals surface area contributed by atoms with E-state index in [0.717, 1.165) is 11.3 Å². The topological polar surface area (TPSA) is 67.2 Å². The minimum atomic E-state index is -0.744. The molecular weight excluding hydrogens is 292 g/mol. The Labute approximate surface area is 135 Å². The molecule has 6 heteroatoms. The van der Waals surface area contributed by atoms with E-state index in [0.29, 0.717) is 12.8 Å². The van der Waals surface area contributed by atoms with E-state index < -0.39 is 5.54 Å². The largest absolute Gasteiger partial charge is 0.325 e. The first-order chi connectivity index (χ1) is 11.1. The van der Waals surface area contributed by atoms with Crippen molar-refractivity contribution in [1.29, 1.82) is 0 Å². The van der Waals surface area contributed by atoms with E-state index in [9.17, 15) is 9.59 Å². The second-order valence-electron chi connectivity index (χ2n) is 5.73. The van der Waals surface area contributed by atoms with E-state index in [1.54, 1.807) is 10.9 Å². The predicted molar refractivity (Wildman–Crippen MR) is 86.0 cm³/mol. The molecule has 2 aromatic rings. The summed E-state index contributed by atoms with van der Waals surface area (Å²) >= 11 is 0. The zero-order chi connectivity index (χ0) is 16.4. The molecule has 0 radical (unpaired) electrons. The highest BCUT2D eigenvalue weighted by molar-refractivity contribution is 6.06. The smallest absolute Gasteiger partial charge is 0.323 e. The summed E-state index contributed by atoms with van der Waals surface area (Å²) in [5, 5.41) is 7.02. The van der Waals surface area contributed by atoms with Gasteiger partial charge < -0.3 is 5.32 Å². The monoisotopic (exact) mass is 312 g/mol. The normalized spacial score (nSPS) is 16.7. The van der Waals surface area contributed by atoms with E-state index in [4.69, 9.17) is 0 Å². The van der Waals surface area contributed by atoms with Gasteiger partial charge in [0, 0.05) is 12.4 Å². The van der Waals surface area contributed by atoms with Crippen molar-refractivity contribution >= 4 is 11.9 Å². The summed E-state index contributed by atoms with van der Waals surface area (Å²) < 4.78 is 1.76. The highest BCUT2D eigenvalue weighted by atomic mass is 16.2. The van der Waals surface area contributed by atoms with Crippen molar-refractivity contribution in [3.05, 3.63) is 48.3 Å². The SMILES string of the molecule is CCC1(CC)NC(=O)N(Cc2ccc(-n3cccn3)cc2)C1=O. The van der Waals surface area contributed by atoms with Crippen molar-refractivity contribution in [3.63, 3.8) is 0 Å². The van der Waals surface area contributed by atoms with Crippen LogP contribution in [0.25, 0.3) is 5.69 Å². The first-order valence-electron chi connectivity index (χ1n) is 7.82. The van der Waals surface area contributed by atoms with Crippen LogP contribution in [-0.2, 0) is 11.3 Å². The Kier molecular flexibility index (Phi) is 3.90. The van der Waals surface area contributed by atoms with E-state index in [1.807, 2.05) is 50.4 Å². The van der Waals surface area contributed by atoms with Gasteiger partial charge in [-0.25, -0.2) is 9.48 Å². The summed E-state index contributed by atoms with van der Waals surface area (Å²) in [6.07, 6.45) is 4.78. The van der Waals surface area contributed by atoms with Crippen LogP contribution in [0.15, 0.2) is 42.7 Å². The standard InChI is InChI=1S/C17H20N4O2/c1-3-17(4-2)15(22)20(16(23)19-17)12-13-6-8-14(9-7-13)21-11-5-10-18-21/h5-11H,3-4,12H2,1-2H3,(H,19,23). The number of nitrogens with one attached hydrogen (secondary N) is 1. The lowest BCUT2D eigenvalue weighted by Gasteiger charge is -2.23. The van der Waals surface area contributed by atoms with Gasteiger partial charge in [0.05, 0.1) is 12.2 Å². The number of carbonyl (C=O) groups excluding carboxylic acids is 2. The zero-order valence-corrected chi connectivity index (χ0v) is 13.3. The van der Waals surface area contributed by atoms with Crippen LogP contribution in [0.5, 0.6) is 0 Å². The lowest BCUT2D eigenvalue weighted by atomic mass is 9.93. The highest BCUT2D eigenvalue weighted by Gasteiger charge is 2.48. The summed E-state index contributed by atoms with van der Waals surface area (Å²) in [6, 6.07) is 9.22. The van der Waals surface area contributed by atoms with Gasteiger partial charge in [0.2, 0.25) is 0 Å². The number of benzene rings is 1. The van der Waals surface area contributed by atoms with Crippen LogP contribution in [0.2, 0.25) is 0 Å². The van der Waals surface area contributed by atoms with E-state index in [1.165, 1.54) is 4.90 Å². The average molecular weight is 312 g/mol. The van der Waals surface area contributed by atoms with Crippen LogP contribution in [0, 0.1) is 0 Å². The minimum absolute atomic E-state index is 0.136. The lowest BCUT2D eigenvalue weighted by molar-refractivity contribution is -0.132. The molecule has 1 saturated heterocycles. The fourth-order valence-electron chi connectivity index (χ4n) is 2.91. The summed E-state index contributed by atoms with van der Waals surface area (Å²) in [4.78, 5) is 26.0. The summed E-state index contributed by atoms with van der Waals surface area (Å²) in [6.45, 7) is 4.12. The minimum Gasteiger partial charge on any atom is -0.323 e. The van der Waals surface area contributed by atoms with Gasteiger partial charge in [0.25, 0.3) is 5.91 Å². The summed E-state index contributed by atoms with van der Waals surface area (Å²) in [5.41, 5.74) is 1.10. The Morgan fingerprint density at radius 3 is 2.35 bits per heavy atom. The van der Waals surface area contributed by atoms with Crippen LogP contribution >= 0.6 is 0 Å². The van der Waals surface area contributed by atoms with E-state index >= 15 is 0 Å². The van der Waals surface area contributed by atoms with Gasteiger partial charge in [-0.05, 0) is 36.6 Å². The molecule has 0 aliphatic carbocycles. The number of carbonyl (C=O) groups is 2. The number of amides is 3. The van der Waals surface area contributed by atoms with Crippen LogP contribution in [-0.4, -0.2) is 32.2 Å². The summed E-state index contributed by atoms with van der Waals surface area (Å²) in [7, 11) is 0.